The summed E-state index contributed by atoms with van der Waals surface area (Å²) in [7, 11) is 3.88. The van der Waals surface area contributed by atoms with E-state index in [0.29, 0.717) is 0 Å². The van der Waals surface area contributed by atoms with Crippen LogP contribution in [-0.4, -0.2) is 26.6 Å². The summed E-state index contributed by atoms with van der Waals surface area (Å²) < 4.78 is 4.88. The van der Waals surface area contributed by atoms with Crippen LogP contribution in [0.3, 0.4) is 0 Å². The Balaban J connectivity index is 2.41. The fourth-order valence-corrected chi connectivity index (χ4v) is 2.62. The fourth-order valence-electron chi connectivity index (χ4n) is 2.10. The van der Waals surface area contributed by atoms with Crippen molar-refractivity contribution in [1.82, 2.24) is 24.9 Å². The van der Waals surface area contributed by atoms with Gasteiger partial charge in [-0.2, -0.15) is 10.2 Å². The van der Waals surface area contributed by atoms with Crippen molar-refractivity contribution >= 4 is 15.9 Å². The first-order valence-corrected chi connectivity index (χ1v) is 6.83. The lowest BCUT2D eigenvalue weighted by Crippen LogP contribution is -2.21. The van der Waals surface area contributed by atoms with Gasteiger partial charge in [0, 0.05) is 25.4 Å². The standard InChI is InChI=1S/C12H18BrN5/c1-4-5-18-12(10(13)7-16-18)11(14-2)9-6-15-17(3)8-9/h6-8,11,14H,4-5H2,1-3H3. The second-order valence-electron chi connectivity index (χ2n) is 4.27. The average Bonchev–Trinajstić information content (AvgIpc) is 2.91. The fraction of sp³-hybridized carbons (Fsp3) is 0.500. The van der Waals surface area contributed by atoms with Gasteiger partial charge >= 0.3 is 0 Å². The number of halogens is 1. The summed E-state index contributed by atoms with van der Waals surface area (Å²) in [6.45, 7) is 3.07. The van der Waals surface area contributed by atoms with Gasteiger partial charge < -0.3 is 5.32 Å². The molecule has 98 valence electrons. The van der Waals surface area contributed by atoms with Crippen LogP contribution in [0.4, 0.5) is 0 Å². The topological polar surface area (TPSA) is 47.7 Å². The van der Waals surface area contributed by atoms with E-state index in [4.69, 9.17) is 0 Å². The monoisotopic (exact) mass is 311 g/mol. The highest BCUT2D eigenvalue weighted by Crippen LogP contribution is 2.28. The summed E-state index contributed by atoms with van der Waals surface area (Å²) in [5, 5.41) is 12.0. The molecule has 0 aliphatic carbocycles. The van der Waals surface area contributed by atoms with Crippen LogP contribution in [0.25, 0.3) is 0 Å². The third kappa shape index (κ3) is 2.49. The molecule has 6 heteroatoms. The van der Waals surface area contributed by atoms with Gasteiger partial charge in [0.25, 0.3) is 0 Å². The summed E-state index contributed by atoms with van der Waals surface area (Å²) in [6, 6.07) is 0.0992. The Hall–Kier alpha value is -1.14. The number of aryl methyl sites for hydroxylation is 2. The summed E-state index contributed by atoms with van der Waals surface area (Å²) in [5.74, 6) is 0. The molecule has 0 saturated heterocycles. The molecule has 0 spiro atoms. The van der Waals surface area contributed by atoms with Gasteiger partial charge in [-0.1, -0.05) is 6.92 Å². The predicted octanol–water partition coefficient (Wildman–Crippen LogP) is 2.10. The first kappa shape index (κ1) is 13.3. The molecule has 1 unspecified atom stereocenters. The van der Waals surface area contributed by atoms with Crippen LogP contribution in [0.2, 0.25) is 0 Å². The van der Waals surface area contributed by atoms with Gasteiger partial charge in [0.05, 0.1) is 28.6 Å². The van der Waals surface area contributed by atoms with Crippen molar-refractivity contribution in [1.29, 1.82) is 0 Å². The number of aromatic nitrogens is 4. The zero-order chi connectivity index (χ0) is 13.1. The molecule has 0 radical (unpaired) electrons. The minimum absolute atomic E-state index is 0.0992. The molecule has 5 nitrogen and oxygen atoms in total. The van der Waals surface area contributed by atoms with E-state index < -0.39 is 0 Å². The summed E-state index contributed by atoms with van der Waals surface area (Å²) in [6.07, 6.45) is 6.82. The highest BCUT2D eigenvalue weighted by Gasteiger charge is 2.21. The quantitative estimate of drug-likeness (QED) is 0.920. The van der Waals surface area contributed by atoms with Gasteiger partial charge in [0.1, 0.15) is 0 Å². The Morgan fingerprint density at radius 1 is 1.39 bits per heavy atom. The van der Waals surface area contributed by atoms with E-state index in [9.17, 15) is 0 Å². The molecule has 2 rings (SSSR count). The molecule has 2 heterocycles. The highest BCUT2D eigenvalue weighted by molar-refractivity contribution is 9.10. The predicted molar refractivity (Wildman–Crippen MR) is 74.3 cm³/mol. The summed E-state index contributed by atoms with van der Waals surface area (Å²) in [5.41, 5.74) is 2.28. The summed E-state index contributed by atoms with van der Waals surface area (Å²) in [4.78, 5) is 0. The van der Waals surface area contributed by atoms with Crippen LogP contribution in [0, 0.1) is 0 Å². The van der Waals surface area contributed by atoms with Crippen molar-refractivity contribution < 1.29 is 0 Å². The van der Waals surface area contributed by atoms with Crippen molar-refractivity contribution in [2.75, 3.05) is 7.05 Å². The lowest BCUT2D eigenvalue weighted by atomic mass is 10.1. The Morgan fingerprint density at radius 3 is 2.72 bits per heavy atom. The highest BCUT2D eigenvalue weighted by atomic mass is 79.9. The van der Waals surface area contributed by atoms with E-state index in [1.165, 1.54) is 0 Å². The smallest absolute Gasteiger partial charge is 0.0788 e. The second kappa shape index (κ2) is 5.67. The van der Waals surface area contributed by atoms with Crippen LogP contribution in [0.15, 0.2) is 23.1 Å². The van der Waals surface area contributed by atoms with Gasteiger partial charge in [-0.15, -0.1) is 0 Å². The molecular weight excluding hydrogens is 294 g/mol. The van der Waals surface area contributed by atoms with Crippen molar-refractivity contribution in [3.8, 4) is 0 Å². The summed E-state index contributed by atoms with van der Waals surface area (Å²) >= 11 is 3.58. The molecule has 0 aliphatic rings. The van der Waals surface area contributed by atoms with Crippen molar-refractivity contribution in [2.24, 2.45) is 7.05 Å². The lowest BCUT2D eigenvalue weighted by molar-refractivity contribution is 0.533. The zero-order valence-corrected chi connectivity index (χ0v) is 12.5. The zero-order valence-electron chi connectivity index (χ0n) is 10.9. The van der Waals surface area contributed by atoms with Crippen LogP contribution >= 0.6 is 15.9 Å². The minimum Gasteiger partial charge on any atom is -0.308 e. The average molecular weight is 312 g/mol. The number of rotatable bonds is 5. The molecule has 0 aromatic carbocycles. The molecule has 0 saturated carbocycles. The van der Waals surface area contributed by atoms with E-state index in [2.05, 4.69) is 38.4 Å². The van der Waals surface area contributed by atoms with Gasteiger partial charge in [-0.05, 0) is 29.4 Å². The number of hydrogen-bond acceptors (Lipinski definition) is 3. The minimum atomic E-state index is 0.0992. The van der Waals surface area contributed by atoms with Crippen molar-refractivity contribution in [3.05, 3.63) is 34.3 Å². The maximum absolute atomic E-state index is 4.41. The first-order chi connectivity index (χ1) is 8.67. The van der Waals surface area contributed by atoms with Crippen LogP contribution in [-0.2, 0) is 13.6 Å². The van der Waals surface area contributed by atoms with Crippen LogP contribution < -0.4 is 5.32 Å². The second-order valence-corrected chi connectivity index (χ2v) is 5.12. The molecule has 0 aliphatic heterocycles. The molecule has 0 fully saturated rings. The van der Waals surface area contributed by atoms with E-state index >= 15 is 0 Å². The maximum Gasteiger partial charge on any atom is 0.0788 e. The molecular formula is C12H18BrN5. The Kier molecular flexibility index (Phi) is 4.19. The molecule has 1 N–H and O–H groups in total. The van der Waals surface area contributed by atoms with Gasteiger partial charge in [-0.3, -0.25) is 9.36 Å². The van der Waals surface area contributed by atoms with Crippen LogP contribution in [0.1, 0.15) is 30.6 Å². The Morgan fingerprint density at radius 2 is 2.17 bits per heavy atom. The van der Waals surface area contributed by atoms with Gasteiger partial charge in [0.2, 0.25) is 0 Å². The van der Waals surface area contributed by atoms with Crippen LogP contribution in [0.5, 0.6) is 0 Å². The molecule has 18 heavy (non-hydrogen) atoms. The Bertz CT molecular complexity index is 516. The lowest BCUT2D eigenvalue weighted by Gasteiger charge is -2.17. The molecule has 2 aromatic heterocycles. The van der Waals surface area contributed by atoms with E-state index in [0.717, 1.165) is 28.7 Å². The SMILES string of the molecule is CCCn1ncc(Br)c1C(NC)c1cnn(C)c1. The van der Waals surface area contributed by atoms with Gasteiger partial charge in [0.15, 0.2) is 0 Å². The molecule has 0 amide bonds. The number of nitrogens with zero attached hydrogens (tertiary/aromatic N) is 4. The largest absolute Gasteiger partial charge is 0.308 e. The third-order valence-electron chi connectivity index (χ3n) is 2.89. The van der Waals surface area contributed by atoms with Crippen molar-refractivity contribution in [2.45, 2.75) is 25.9 Å². The van der Waals surface area contributed by atoms with E-state index in [1.807, 2.05) is 42.0 Å². The van der Waals surface area contributed by atoms with Gasteiger partial charge in [-0.25, -0.2) is 0 Å². The molecule has 1 atom stereocenters. The first-order valence-electron chi connectivity index (χ1n) is 6.04. The Labute approximate surface area is 115 Å². The van der Waals surface area contributed by atoms with E-state index in [-0.39, 0.29) is 6.04 Å². The third-order valence-corrected chi connectivity index (χ3v) is 3.50. The maximum atomic E-state index is 4.41. The van der Waals surface area contributed by atoms with Crippen molar-refractivity contribution in [3.63, 3.8) is 0 Å². The number of nitrogens with one attached hydrogen (secondary N) is 1. The molecule has 2 aromatic rings. The molecule has 0 bridgehead atoms. The normalized spacial score (nSPS) is 12.9. The number of hydrogen-bond donors (Lipinski definition) is 1. The van der Waals surface area contributed by atoms with E-state index in [1.54, 1.807) is 0 Å².